The molecule has 0 radical (unpaired) electrons. The van der Waals surface area contributed by atoms with Crippen LogP contribution in [0.5, 0.6) is 0 Å². The van der Waals surface area contributed by atoms with Crippen LogP contribution in [0.1, 0.15) is 59.6 Å². The van der Waals surface area contributed by atoms with Gasteiger partial charge in [0.25, 0.3) is 0 Å². The topological polar surface area (TPSA) is 32.7 Å². The first-order valence-corrected chi connectivity index (χ1v) is 12.9. The number of ether oxygens (including phenoxy) is 1. The molecule has 0 unspecified atom stereocenters. The molecule has 2 bridgehead atoms. The molecule has 0 aliphatic carbocycles. The van der Waals surface area contributed by atoms with E-state index in [1.807, 2.05) is 60.7 Å². The number of benzene rings is 3. The fraction of sp³-hybridized carbons (Fsp3) is 0.400. The first-order chi connectivity index (χ1) is 18.5. The average molecular weight is 550 g/mol. The molecule has 1 N–H and O–H groups in total. The summed E-state index contributed by atoms with van der Waals surface area (Å²) in [5, 5.41) is 10.2. The molecule has 3 aromatic rings. The van der Waals surface area contributed by atoms with Crippen LogP contribution in [0.3, 0.4) is 0 Å². The van der Waals surface area contributed by atoms with E-state index in [1.165, 1.54) is 0 Å². The normalized spacial score (nSPS) is 24.6. The van der Waals surface area contributed by atoms with Gasteiger partial charge in [0.1, 0.15) is 6.10 Å². The van der Waals surface area contributed by atoms with E-state index in [1.54, 1.807) is 0 Å². The van der Waals surface area contributed by atoms with Gasteiger partial charge < -0.3 is 9.84 Å². The molecule has 2 fully saturated rings. The van der Waals surface area contributed by atoms with Gasteiger partial charge in [-0.3, -0.25) is 4.90 Å². The highest BCUT2D eigenvalue weighted by atomic mass is 19.4. The maximum absolute atomic E-state index is 13.5. The minimum Gasteiger partial charge on any atom is -0.393 e. The third-order valence-corrected chi connectivity index (χ3v) is 8.05. The van der Waals surface area contributed by atoms with Crippen LogP contribution in [-0.4, -0.2) is 28.8 Å². The molecule has 39 heavy (non-hydrogen) atoms. The number of aliphatic hydroxyl groups excluding tert-OH is 1. The standard InChI is InChI=1S/C30H29F6NO2/c31-29(32,33)23-15-21(16-24(17-23)30(34,35)36)26(19-38)39-27-12-11-25-13-14-28(27,22-9-5-2-6-10-22)37(25)18-20-7-3-1-4-8-20/h1-10,15-17,25-27,38H,11-14,18-19H2/t25-,26-,27+,28+/m0/s1. The van der Waals surface area contributed by atoms with Crippen LogP contribution >= 0.6 is 0 Å². The minimum atomic E-state index is -4.99. The van der Waals surface area contributed by atoms with Crippen molar-refractivity contribution in [3.63, 3.8) is 0 Å². The Morgan fingerprint density at radius 3 is 1.97 bits per heavy atom. The van der Waals surface area contributed by atoms with E-state index in [-0.39, 0.29) is 17.7 Å². The van der Waals surface area contributed by atoms with Crippen molar-refractivity contribution in [2.24, 2.45) is 0 Å². The Bertz CT molecular complexity index is 1230. The Labute approximate surface area is 223 Å². The summed E-state index contributed by atoms with van der Waals surface area (Å²) in [7, 11) is 0. The summed E-state index contributed by atoms with van der Waals surface area (Å²) in [5.41, 5.74) is -1.79. The fourth-order valence-electron chi connectivity index (χ4n) is 6.28. The van der Waals surface area contributed by atoms with Crippen molar-refractivity contribution in [3.05, 3.63) is 107 Å². The molecule has 208 valence electrons. The number of fused-ring (bicyclic) bond motifs is 2. The van der Waals surface area contributed by atoms with Crippen LogP contribution in [0, 0.1) is 0 Å². The Morgan fingerprint density at radius 1 is 0.821 bits per heavy atom. The SMILES string of the molecule is OC[C@H](O[C@@H]1CC[C@H]2CC[C@]1(c1ccccc1)N2Cc1ccccc1)c1cc(C(F)(F)F)cc(C(F)(F)F)c1. The summed E-state index contributed by atoms with van der Waals surface area (Å²) in [6.45, 7) is -0.145. The van der Waals surface area contributed by atoms with Gasteiger partial charge in [0.05, 0.1) is 29.4 Å². The molecular weight excluding hydrogens is 520 g/mol. The number of nitrogens with zero attached hydrogens (tertiary/aromatic N) is 1. The van der Waals surface area contributed by atoms with Crippen molar-refractivity contribution in [3.8, 4) is 0 Å². The molecular formula is C30H29F6NO2. The summed E-state index contributed by atoms with van der Waals surface area (Å²) in [6, 6.07) is 21.2. The highest BCUT2D eigenvalue weighted by Crippen LogP contribution is 2.53. The highest BCUT2D eigenvalue weighted by molar-refractivity contribution is 5.36. The zero-order chi connectivity index (χ0) is 27.8. The first kappa shape index (κ1) is 27.7. The van der Waals surface area contributed by atoms with Gasteiger partial charge in [-0.2, -0.15) is 26.3 Å². The second-order valence-corrected chi connectivity index (χ2v) is 10.3. The van der Waals surface area contributed by atoms with Gasteiger partial charge in [0.2, 0.25) is 0 Å². The van der Waals surface area contributed by atoms with Gasteiger partial charge in [0.15, 0.2) is 0 Å². The van der Waals surface area contributed by atoms with E-state index >= 15 is 0 Å². The lowest BCUT2D eigenvalue weighted by atomic mass is 9.78. The molecule has 2 aliphatic heterocycles. The van der Waals surface area contributed by atoms with Crippen LogP contribution in [0.15, 0.2) is 78.9 Å². The summed E-state index contributed by atoms with van der Waals surface area (Å²) < 4.78 is 87.7. The molecule has 0 aromatic heterocycles. The summed E-state index contributed by atoms with van der Waals surface area (Å²) in [5.74, 6) is 0. The number of piperidine rings is 1. The summed E-state index contributed by atoms with van der Waals surface area (Å²) in [4.78, 5) is 2.37. The monoisotopic (exact) mass is 549 g/mol. The van der Waals surface area contributed by atoms with Crippen LogP contribution in [0.2, 0.25) is 0 Å². The number of alkyl halides is 6. The lowest BCUT2D eigenvalue weighted by molar-refractivity contribution is -0.146. The third-order valence-electron chi connectivity index (χ3n) is 8.05. The van der Waals surface area contributed by atoms with Crippen molar-refractivity contribution in [1.29, 1.82) is 0 Å². The van der Waals surface area contributed by atoms with E-state index in [2.05, 4.69) is 4.90 Å². The Morgan fingerprint density at radius 2 is 1.41 bits per heavy atom. The number of halogens is 6. The molecule has 2 heterocycles. The zero-order valence-corrected chi connectivity index (χ0v) is 21.1. The van der Waals surface area contributed by atoms with Crippen molar-refractivity contribution < 1.29 is 36.2 Å². The Balaban J connectivity index is 1.55. The Kier molecular flexibility index (Phi) is 7.52. The Hall–Kier alpha value is -2.88. The molecule has 3 aromatic carbocycles. The number of hydrogen-bond acceptors (Lipinski definition) is 3. The number of hydrogen-bond donors (Lipinski definition) is 1. The number of rotatable bonds is 7. The van der Waals surface area contributed by atoms with Crippen LogP contribution in [-0.2, 0) is 29.2 Å². The van der Waals surface area contributed by atoms with Crippen LogP contribution in [0.4, 0.5) is 26.3 Å². The third kappa shape index (κ3) is 5.44. The quantitative estimate of drug-likeness (QED) is 0.310. The highest BCUT2D eigenvalue weighted by Gasteiger charge is 2.56. The van der Waals surface area contributed by atoms with E-state index in [0.29, 0.717) is 31.5 Å². The lowest BCUT2D eigenvalue weighted by Gasteiger charge is -2.51. The van der Waals surface area contributed by atoms with E-state index in [9.17, 15) is 31.4 Å². The van der Waals surface area contributed by atoms with Crippen LogP contribution < -0.4 is 0 Å². The van der Waals surface area contributed by atoms with Gasteiger partial charge in [-0.15, -0.1) is 0 Å². The molecule has 3 nitrogen and oxygen atoms in total. The molecule has 2 aliphatic rings. The molecule has 0 amide bonds. The van der Waals surface area contributed by atoms with Crippen molar-refractivity contribution >= 4 is 0 Å². The second kappa shape index (κ2) is 10.6. The van der Waals surface area contributed by atoms with Crippen molar-refractivity contribution in [2.45, 2.75) is 68.4 Å². The molecule has 9 heteroatoms. The van der Waals surface area contributed by atoms with Crippen molar-refractivity contribution in [2.75, 3.05) is 6.61 Å². The van der Waals surface area contributed by atoms with E-state index < -0.39 is 47.8 Å². The van der Waals surface area contributed by atoms with Gasteiger partial charge in [0, 0.05) is 12.6 Å². The molecule has 2 saturated heterocycles. The predicted molar refractivity (Wildman–Crippen MR) is 134 cm³/mol. The predicted octanol–water partition coefficient (Wildman–Crippen LogP) is 7.50. The average Bonchev–Trinajstić information content (AvgIpc) is 3.15. The second-order valence-electron chi connectivity index (χ2n) is 10.3. The smallest absolute Gasteiger partial charge is 0.393 e. The summed E-state index contributed by atoms with van der Waals surface area (Å²) in [6.07, 6.45) is -8.99. The summed E-state index contributed by atoms with van der Waals surface area (Å²) >= 11 is 0. The maximum Gasteiger partial charge on any atom is 0.416 e. The molecule has 4 atom stereocenters. The van der Waals surface area contributed by atoms with Gasteiger partial charge in [-0.05, 0) is 60.6 Å². The van der Waals surface area contributed by atoms with E-state index in [4.69, 9.17) is 4.74 Å². The molecule has 0 saturated carbocycles. The lowest BCUT2D eigenvalue weighted by Crippen LogP contribution is -2.56. The minimum absolute atomic E-state index is 0.0904. The maximum atomic E-state index is 13.5. The first-order valence-electron chi connectivity index (χ1n) is 12.9. The fourth-order valence-corrected chi connectivity index (χ4v) is 6.28. The van der Waals surface area contributed by atoms with Crippen LogP contribution in [0.25, 0.3) is 0 Å². The van der Waals surface area contributed by atoms with Gasteiger partial charge in [-0.1, -0.05) is 60.7 Å². The molecule has 5 rings (SSSR count). The van der Waals surface area contributed by atoms with Gasteiger partial charge in [-0.25, -0.2) is 0 Å². The van der Waals surface area contributed by atoms with Crippen molar-refractivity contribution in [1.82, 2.24) is 4.90 Å². The largest absolute Gasteiger partial charge is 0.416 e. The number of aliphatic hydroxyl groups is 1. The molecule has 0 spiro atoms. The van der Waals surface area contributed by atoms with Gasteiger partial charge >= 0.3 is 12.4 Å². The zero-order valence-electron chi connectivity index (χ0n) is 21.1. The van der Waals surface area contributed by atoms with E-state index in [0.717, 1.165) is 24.0 Å².